The van der Waals surface area contributed by atoms with Gasteiger partial charge in [0, 0.05) is 32.5 Å². The van der Waals surface area contributed by atoms with Gasteiger partial charge in [-0.05, 0) is 36.5 Å². The van der Waals surface area contributed by atoms with Crippen molar-refractivity contribution in [2.45, 2.75) is 39.5 Å². The van der Waals surface area contributed by atoms with E-state index in [4.69, 9.17) is 15.3 Å². The molecule has 0 saturated heterocycles. The maximum absolute atomic E-state index is 8.67. The number of ether oxygens (including phenoxy) is 1. The molecule has 0 amide bonds. The smallest absolute Gasteiger partial charge is 0.119 e. The van der Waals surface area contributed by atoms with E-state index in [2.05, 4.69) is 43.0 Å². The summed E-state index contributed by atoms with van der Waals surface area (Å²) in [6.45, 7) is 7.39. The summed E-state index contributed by atoms with van der Waals surface area (Å²) in [5.41, 5.74) is 1.34. The Balaban J connectivity index is 2.29. The number of rotatable bonds is 11. The molecule has 1 aromatic carbocycles. The molecule has 0 fully saturated rings. The zero-order chi connectivity index (χ0) is 16.9. The van der Waals surface area contributed by atoms with Crippen LogP contribution in [0.3, 0.4) is 0 Å². The largest absolute Gasteiger partial charge is 0.494 e. The van der Waals surface area contributed by atoms with Gasteiger partial charge in [-0.2, -0.15) is 10.5 Å². The minimum atomic E-state index is 0.504. The van der Waals surface area contributed by atoms with E-state index in [1.165, 1.54) is 5.56 Å². The average Bonchev–Trinajstić information content (AvgIpc) is 2.54. The molecular formula is C19H27N3O. The first kappa shape index (κ1) is 19.0. The van der Waals surface area contributed by atoms with Crippen LogP contribution in [0.5, 0.6) is 5.75 Å². The van der Waals surface area contributed by atoms with E-state index in [1.807, 2.05) is 12.1 Å². The van der Waals surface area contributed by atoms with Crippen molar-refractivity contribution in [1.29, 1.82) is 10.5 Å². The second kappa shape index (κ2) is 11.5. The molecule has 1 rings (SSSR count). The molecule has 23 heavy (non-hydrogen) atoms. The molecule has 1 aromatic rings. The van der Waals surface area contributed by atoms with Crippen molar-refractivity contribution in [2.24, 2.45) is 5.92 Å². The fourth-order valence-electron chi connectivity index (χ4n) is 2.42. The van der Waals surface area contributed by atoms with Crippen LogP contribution in [0.1, 0.15) is 38.7 Å². The number of benzene rings is 1. The first-order valence-corrected chi connectivity index (χ1v) is 8.33. The molecule has 4 nitrogen and oxygen atoms in total. The van der Waals surface area contributed by atoms with E-state index in [-0.39, 0.29) is 0 Å². The summed E-state index contributed by atoms with van der Waals surface area (Å²) in [5.74, 6) is 1.56. The molecule has 0 saturated carbocycles. The van der Waals surface area contributed by atoms with Crippen LogP contribution in [-0.2, 0) is 6.42 Å². The monoisotopic (exact) mass is 313 g/mol. The molecule has 0 atom stereocenters. The Labute approximate surface area is 140 Å². The van der Waals surface area contributed by atoms with Crippen LogP contribution in [0.2, 0.25) is 0 Å². The van der Waals surface area contributed by atoms with Gasteiger partial charge >= 0.3 is 0 Å². The van der Waals surface area contributed by atoms with Gasteiger partial charge in [0.1, 0.15) is 5.75 Å². The number of hydrogen-bond acceptors (Lipinski definition) is 4. The molecule has 0 bridgehead atoms. The Kier molecular flexibility index (Phi) is 9.52. The molecule has 0 heterocycles. The first-order valence-electron chi connectivity index (χ1n) is 8.33. The second-order valence-electron chi connectivity index (χ2n) is 6.10. The number of hydrogen-bond donors (Lipinski definition) is 0. The highest BCUT2D eigenvalue weighted by Gasteiger charge is 2.04. The molecule has 124 valence electrons. The average molecular weight is 313 g/mol. The highest BCUT2D eigenvalue weighted by molar-refractivity contribution is 5.27. The van der Waals surface area contributed by atoms with Crippen molar-refractivity contribution in [2.75, 3.05) is 26.2 Å². The van der Waals surface area contributed by atoms with Crippen molar-refractivity contribution < 1.29 is 4.74 Å². The Morgan fingerprint density at radius 3 is 2.13 bits per heavy atom. The van der Waals surface area contributed by atoms with E-state index in [0.717, 1.165) is 38.2 Å². The van der Waals surface area contributed by atoms with Crippen LogP contribution in [0.25, 0.3) is 0 Å². The van der Waals surface area contributed by atoms with Crippen LogP contribution < -0.4 is 4.74 Å². The van der Waals surface area contributed by atoms with Crippen molar-refractivity contribution in [3.8, 4) is 17.9 Å². The standard InChI is InChI=1S/C19H27N3O/c1-17(2)16-18-6-8-19(9-7-18)23-15-5-14-22(12-3-10-20)13-4-11-21/h6-9,17H,3-5,12-16H2,1-2H3. The quantitative estimate of drug-likeness (QED) is 0.583. The Morgan fingerprint density at radius 2 is 1.61 bits per heavy atom. The summed E-state index contributed by atoms with van der Waals surface area (Å²) >= 11 is 0. The van der Waals surface area contributed by atoms with Crippen LogP contribution in [0.15, 0.2) is 24.3 Å². The highest BCUT2D eigenvalue weighted by atomic mass is 16.5. The molecule has 0 aromatic heterocycles. The fraction of sp³-hybridized carbons (Fsp3) is 0.579. The molecule has 0 aliphatic heterocycles. The van der Waals surface area contributed by atoms with Crippen LogP contribution in [0, 0.1) is 28.6 Å². The van der Waals surface area contributed by atoms with E-state index < -0.39 is 0 Å². The van der Waals surface area contributed by atoms with Gasteiger partial charge in [0.25, 0.3) is 0 Å². The van der Waals surface area contributed by atoms with Crippen molar-refractivity contribution >= 4 is 0 Å². The van der Waals surface area contributed by atoms with Crippen molar-refractivity contribution in [3.63, 3.8) is 0 Å². The van der Waals surface area contributed by atoms with Gasteiger partial charge in [0.05, 0.1) is 18.7 Å². The van der Waals surface area contributed by atoms with Crippen LogP contribution in [0.4, 0.5) is 0 Å². The van der Waals surface area contributed by atoms with Gasteiger partial charge in [-0.15, -0.1) is 0 Å². The zero-order valence-electron chi connectivity index (χ0n) is 14.3. The lowest BCUT2D eigenvalue weighted by Gasteiger charge is -2.19. The van der Waals surface area contributed by atoms with Gasteiger partial charge in [0.15, 0.2) is 0 Å². The minimum absolute atomic E-state index is 0.504. The summed E-state index contributed by atoms with van der Waals surface area (Å²) in [4.78, 5) is 2.15. The lowest BCUT2D eigenvalue weighted by Crippen LogP contribution is -2.28. The van der Waals surface area contributed by atoms with Crippen molar-refractivity contribution in [1.82, 2.24) is 4.90 Å². The molecule has 0 aliphatic carbocycles. The second-order valence-corrected chi connectivity index (χ2v) is 6.10. The number of nitrogens with zero attached hydrogens (tertiary/aromatic N) is 3. The Hall–Kier alpha value is -2.04. The van der Waals surface area contributed by atoms with Gasteiger partial charge in [-0.1, -0.05) is 26.0 Å². The zero-order valence-corrected chi connectivity index (χ0v) is 14.3. The van der Waals surface area contributed by atoms with Crippen LogP contribution >= 0.6 is 0 Å². The van der Waals surface area contributed by atoms with Gasteiger partial charge in [-0.25, -0.2) is 0 Å². The molecular weight excluding hydrogens is 286 g/mol. The topological polar surface area (TPSA) is 60.0 Å². The third-order valence-electron chi connectivity index (χ3n) is 3.53. The summed E-state index contributed by atoms with van der Waals surface area (Å²) in [7, 11) is 0. The third-order valence-corrected chi connectivity index (χ3v) is 3.53. The summed E-state index contributed by atoms with van der Waals surface area (Å²) in [6.07, 6.45) is 2.99. The predicted molar refractivity (Wildman–Crippen MR) is 92.0 cm³/mol. The normalized spacial score (nSPS) is 10.5. The molecule has 0 N–H and O–H groups in total. The van der Waals surface area contributed by atoms with E-state index in [0.29, 0.717) is 25.4 Å². The van der Waals surface area contributed by atoms with Gasteiger partial charge in [0.2, 0.25) is 0 Å². The Bertz CT molecular complexity index is 493. The van der Waals surface area contributed by atoms with E-state index in [9.17, 15) is 0 Å². The lowest BCUT2D eigenvalue weighted by molar-refractivity contribution is 0.240. The predicted octanol–water partition coefficient (Wildman–Crippen LogP) is 3.78. The van der Waals surface area contributed by atoms with Crippen molar-refractivity contribution in [3.05, 3.63) is 29.8 Å². The SMILES string of the molecule is CC(C)Cc1ccc(OCCCN(CCC#N)CCC#N)cc1. The molecule has 0 radical (unpaired) electrons. The fourth-order valence-corrected chi connectivity index (χ4v) is 2.42. The Morgan fingerprint density at radius 1 is 1.00 bits per heavy atom. The lowest BCUT2D eigenvalue weighted by atomic mass is 10.0. The molecule has 0 spiro atoms. The third kappa shape index (κ3) is 8.86. The summed E-state index contributed by atoms with van der Waals surface area (Å²) in [6, 6.07) is 12.6. The number of nitriles is 2. The van der Waals surface area contributed by atoms with Gasteiger partial charge in [-0.3, -0.25) is 0 Å². The molecule has 0 unspecified atom stereocenters. The van der Waals surface area contributed by atoms with E-state index in [1.54, 1.807) is 0 Å². The maximum atomic E-state index is 8.67. The summed E-state index contributed by atoms with van der Waals surface area (Å²) < 4.78 is 5.77. The maximum Gasteiger partial charge on any atom is 0.119 e. The summed E-state index contributed by atoms with van der Waals surface area (Å²) in [5, 5.41) is 17.3. The molecule has 4 heteroatoms. The van der Waals surface area contributed by atoms with Crippen LogP contribution in [-0.4, -0.2) is 31.1 Å². The van der Waals surface area contributed by atoms with Gasteiger partial charge < -0.3 is 9.64 Å². The minimum Gasteiger partial charge on any atom is -0.494 e. The molecule has 0 aliphatic rings. The highest BCUT2D eigenvalue weighted by Crippen LogP contribution is 2.15. The van der Waals surface area contributed by atoms with E-state index >= 15 is 0 Å². The first-order chi connectivity index (χ1) is 11.2.